The predicted octanol–water partition coefficient (Wildman–Crippen LogP) is 7.44. The van der Waals surface area contributed by atoms with Crippen molar-refractivity contribution in [3.63, 3.8) is 0 Å². The molecule has 3 heteroatoms. The number of esters is 1. The summed E-state index contributed by atoms with van der Waals surface area (Å²) in [5.74, 6) is 2.46. The number of unbranched alkanes of at least 4 members (excludes halogenated alkanes) is 4. The van der Waals surface area contributed by atoms with E-state index < -0.39 is 0 Å². The summed E-state index contributed by atoms with van der Waals surface area (Å²) >= 11 is 0. The van der Waals surface area contributed by atoms with Crippen molar-refractivity contribution in [2.45, 2.75) is 103 Å². The van der Waals surface area contributed by atoms with E-state index in [1.165, 1.54) is 77.0 Å². The lowest BCUT2D eigenvalue weighted by Crippen LogP contribution is -2.29. The van der Waals surface area contributed by atoms with Crippen LogP contribution in [0.4, 0.5) is 0 Å². The third kappa shape index (κ3) is 6.86. The number of carbonyl (C=O) groups is 1. The standard InChI is InChI=1S/C27H39NO2/c1-2-3-4-5-6-7-21-8-12-23(13-9-21)24-16-18-26(19-17-24)30-27(29)25-14-10-22(20-28)11-15-25/h10-11,14-15,21,23-24,26H,2-9,12-13,16-19H2,1H3. The van der Waals surface area contributed by atoms with Crippen LogP contribution in [0.15, 0.2) is 24.3 Å². The summed E-state index contributed by atoms with van der Waals surface area (Å²) in [6, 6.07) is 8.81. The van der Waals surface area contributed by atoms with Crippen LogP contribution in [-0.2, 0) is 4.74 Å². The van der Waals surface area contributed by atoms with Crippen molar-refractivity contribution in [2.24, 2.45) is 17.8 Å². The Kier molecular flexibility index (Phi) is 9.25. The minimum atomic E-state index is -0.248. The number of ether oxygens (including phenoxy) is 1. The Morgan fingerprint density at radius 3 is 2.10 bits per heavy atom. The molecule has 2 aliphatic rings. The maximum atomic E-state index is 12.4. The molecule has 0 heterocycles. The van der Waals surface area contributed by atoms with Crippen molar-refractivity contribution < 1.29 is 9.53 Å². The Bertz CT molecular complexity index is 674. The van der Waals surface area contributed by atoms with E-state index in [1.807, 2.05) is 0 Å². The minimum absolute atomic E-state index is 0.0591. The zero-order chi connectivity index (χ0) is 21.2. The van der Waals surface area contributed by atoms with Crippen molar-refractivity contribution in [2.75, 3.05) is 0 Å². The van der Waals surface area contributed by atoms with Gasteiger partial charge in [0.15, 0.2) is 0 Å². The smallest absolute Gasteiger partial charge is 0.338 e. The molecule has 164 valence electrons. The highest BCUT2D eigenvalue weighted by molar-refractivity contribution is 5.89. The van der Waals surface area contributed by atoms with Gasteiger partial charge < -0.3 is 4.74 Å². The summed E-state index contributed by atoms with van der Waals surface area (Å²) in [5.41, 5.74) is 1.11. The first-order valence-electron chi connectivity index (χ1n) is 12.4. The van der Waals surface area contributed by atoms with Crippen molar-refractivity contribution >= 4 is 5.97 Å². The van der Waals surface area contributed by atoms with Crippen LogP contribution in [0.25, 0.3) is 0 Å². The lowest BCUT2D eigenvalue weighted by atomic mass is 9.70. The van der Waals surface area contributed by atoms with E-state index in [9.17, 15) is 4.79 Å². The molecule has 0 aromatic heterocycles. The SMILES string of the molecule is CCCCCCCC1CCC(C2CCC(OC(=O)c3ccc(C#N)cc3)CC2)CC1. The maximum absolute atomic E-state index is 12.4. The number of carbonyl (C=O) groups excluding carboxylic acids is 1. The maximum Gasteiger partial charge on any atom is 0.338 e. The van der Waals surface area contributed by atoms with E-state index in [2.05, 4.69) is 13.0 Å². The predicted molar refractivity (Wildman–Crippen MR) is 121 cm³/mol. The summed E-state index contributed by atoms with van der Waals surface area (Å²) < 4.78 is 5.75. The highest BCUT2D eigenvalue weighted by Gasteiger charge is 2.32. The van der Waals surface area contributed by atoms with E-state index in [4.69, 9.17) is 10.00 Å². The van der Waals surface area contributed by atoms with Crippen LogP contribution in [0.3, 0.4) is 0 Å². The minimum Gasteiger partial charge on any atom is -0.459 e. The molecule has 0 aliphatic heterocycles. The number of hydrogen-bond acceptors (Lipinski definition) is 3. The highest BCUT2D eigenvalue weighted by Crippen LogP contribution is 2.41. The van der Waals surface area contributed by atoms with E-state index in [1.54, 1.807) is 24.3 Å². The fraction of sp³-hybridized carbons (Fsp3) is 0.704. The Morgan fingerprint density at radius 1 is 0.900 bits per heavy atom. The summed E-state index contributed by atoms with van der Waals surface area (Å²) in [6.07, 6.45) is 18.7. The zero-order valence-corrected chi connectivity index (χ0v) is 18.8. The number of hydrogen-bond donors (Lipinski definition) is 0. The van der Waals surface area contributed by atoms with Gasteiger partial charge in [-0.25, -0.2) is 4.79 Å². The highest BCUT2D eigenvalue weighted by atomic mass is 16.5. The molecule has 2 aliphatic carbocycles. The average Bonchev–Trinajstić information content (AvgIpc) is 2.80. The van der Waals surface area contributed by atoms with Crippen LogP contribution >= 0.6 is 0 Å². The molecule has 1 aromatic carbocycles. The fourth-order valence-electron chi connectivity index (χ4n) is 5.56. The average molecular weight is 410 g/mol. The molecule has 0 amide bonds. The van der Waals surface area contributed by atoms with Gasteiger partial charge in [0.05, 0.1) is 17.2 Å². The fourth-order valence-corrected chi connectivity index (χ4v) is 5.56. The zero-order valence-electron chi connectivity index (χ0n) is 18.8. The Labute approximate surface area is 183 Å². The summed E-state index contributed by atoms with van der Waals surface area (Å²) in [4.78, 5) is 12.4. The first-order chi connectivity index (χ1) is 14.7. The van der Waals surface area contributed by atoms with Crippen molar-refractivity contribution in [3.8, 4) is 6.07 Å². The quantitative estimate of drug-likeness (QED) is 0.314. The van der Waals surface area contributed by atoms with Crippen LogP contribution in [0.2, 0.25) is 0 Å². The number of nitriles is 1. The molecule has 30 heavy (non-hydrogen) atoms. The summed E-state index contributed by atoms with van der Waals surface area (Å²) in [5, 5.41) is 8.88. The molecular weight excluding hydrogens is 370 g/mol. The van der Waals surface area contributed by atoms with Crippen molar-refractivity contribution in [3.05, 3.63) is 35.4 Å². The molecule has 2 saturated carbocycles. The van der Waals surface area contributed by atoms with Gasteiger partial charge in [-0.15, -0.1) is 0 Å². The molecule has 0 atom stereocenters. The van der Waals surface area contributed by atoms with Gasteiger partial charge >= 0.3 is 5.97 Å². The van der Waals surface area contributed by atoms with Crippen LogP contribution in [0.1, 0.15) is 113 Å². The monoisotopic (exact) mass is 409 g/mol. The topological polar surface area (TPSA) is 50.1 Å². The van der Waals surface area contributed by atoms with Crippen molar-refractivity contribution in [1.82, 2.24) is 0 Å². The van der Waals surface area contributed by atoms with Crippen LogP contribution in [0, 0.1) is 29.1 Å². The van der Waals surface area contributed by atoms with Gasteiger partial charge in [0.1, 0.15) is 6.10 Å². The lowest BCUT2D eigenvalue weighted by Gasteiger charge is -2.37. The van der Waals surface area contributed by atoms with Gasteiger partial charge in [0, 0.05) is 0 Å². The van der Waals surface area contributed by atoms with Gasteiger partial charge in [-0.2, -0.15) is 5.26 Å². The number of nitrogens with zero attached hydrogens (tertiary/aromatic N) is 1. The lowest BCUT2D eigenvalue weighted by molar-refractivity contribution is 0.0109. The second-order valence-corrected chi connectivity index (χ2v) is 9.61. The molecule has 0 N–H and O–H groups in total. The van der Waals surface area contributed by atoms with Crippen molar-refractivity contribution in [1.29, 1.82) is 5.26 Å². The van der Waals surface area contributed by atoms with E-state index >= 15 is 0 Å². The molecule has 2 fully saturated rings. The van der Waals surface area contributed by atoms with Crippen LogP contribution < -0.4 is 0 Å². The Balaban J connectivity index is 1.33. The van der Waals surface area contributed by atoms with E-state index in [-0.39, 0.29) is 12.1 Å². The molecular formula is C27H39NO2. The Hall–Kier alpha value is -1.82. The second-order valence-electron chi connectivity index (χ2n) is 9.61. The van der Waals surface area contributed by atoms with Gasteiger partial charge in [-0.1, -0.05) is 58.3 Å². The molecule has 0 bridgehead atoms. The van der Waals surface area contributed by atoms with Gasteiger partial charge in [-0.3, -0.25) is 0 Å². The first kappa shape index (κ1) is 22.9. The number of rotatable bonds is 9. The van der Waals surface area contributed by atoms with E-state index in [0.717, 1.165) is 30.6 Å². The molecule has 0 saturated heterocycles. The van der Waals surface area contributed by atoms with Gasteiger partial charge in [0.2, 0.25) is 0 Å². The normalized spacial score (nSPS) is 26.7. The first-order valence-corrected chi connectivity index (χ1v) is 12.4. The molecule has 3 rings (SSSR count). The number of benzene rings is 1. The molecule has 0 radical (unpaired) electrons. The Morgan fingerprint density at radius 2 is 1.50 bits per heavy atom. The van der Waals surface area contributed by atoms with Gasteiger partial charge in [0.25, 0.3) is 0 Å². The van der Waals surface area contributed by atoms with Gasteiger partial charge in [-0.05, 0) is 80.5 Å². The molecule has 1 aromatic rings. The van der Waals surface area contributed by atoms with Crippen LogP contribution in [0.5, 0.6) is 0 Å². The summed E-state index contributed by atoms with van der Waals surface area (Å²) in [6.45, 7) is 2.29. The molecule has 3 nitrogen and oxygen atoms in total. The third-order valence-corrected chi connectivity index (χ3v) is 7.52. The van der Waals surface area contributed by atoms with Crippen LogP contribution in [-0.4, -0.2) is 12.1 Å². The summed E-state index contributed by atoms with van der Waals surface area (Å²) in [7, 11) is 0. The third-order valence-electron chi connectivity index (χ3n) is 7.52. The van der Waals surface area contributed by atoms with E-state index in [0.29, 0.717) is 11.1 Å². The second kappa shape index (κ2) is 12.1. The largest absolute Gasteiger partial charge is 0.459 e. The molecule has 0 spiro atoms. The molecule has 0 unspecified atom stereocenters.